The highest BCUT2D eigenvalue weighted by Gasteiger charge is 2.34. The molecule has 4 rings (SSSR count). The maximum Gasteiger partial charge on any atom is 0.414 e. The van der Waals surface area contributed by atoms with E-state index in [0.29, 0.717) is 45.2 Å². The molecule has 0 aromatic heterocycles. The van der Waals surface area contributed by atoms with Gasteiger partial charge in [0.2, 0.25) is 10.0 Å². The number of hydrogen-bond acceptors (Lipinski definition) is 7. The number of nitriles is 1. The van der Waals surface area contributed by atoms with Gasteiger partial charge in [0.25, 0.3) is 0 Å². The van der Waals surface area contributed by atoms with Gasteiger partial charge in [0, 0.05) is 43.5 Å². The number of carbonyl (C=O) groups excluding carboxylic acids is 1. The first-order valence-corrected chi connectivity index (χ1v) is 12.3. The molecular weight excluding hydrogens is 438 g/mol. The summed E-state index contributed by atoms with van der Waals surface area (Å²) in [5.74, 6) is 0.000311. The van der Waals surface area contributed by atoms with Crippen molar-refractivity contribution < 1.29 is 17.9 Å². The fraction of sp³-hybridized carbons (Fsp3) is 0.550. The van der Waals surface area contributed by atoms with Crippen LogP contribution >= 0.6 is 12.2 Å². The number of thiocarbonyl (C=S) groups is 1. The van der Waals surface area contributed by atoms with Gasteiger partial charge < -0.3 is 15.0 Å². The molecule has 1 unspecified atom stereocenters. The molecule has 11 heteroatoms. The van der Waals surface area contributed by atoms with Crippen molar-refractivity contribution in [3.8, 4) is 6.07 Å². The van der Waals surface area contributed by atoms with Gasteiger partial charge >= 0.3 is 6.09 Å². The van der Waals surface area contributed by atoms with E-state index in [1.807, 2.05) is 24.3 Å². The molecule has 31 heavy (non-hydrogen) atoms. The minimum Gasteiger partial charge on any atom is -0.442 e. The molecule has 9 nitrogen and oxygen atoms in total. The van der Waals surface area contributed by atoms with Crippen molar-refractivity contribution in [1.82, 2.24) is 9.62 Å². The van der Waals surface area contributed by atoms with E-state index in [0.717, 1.165) is 29.2 Å². The van der Waals surface area contributed by atoms with Gasteiger partial charge in [0.15, 0.2) is 5.75 Å². The highest BCUT2D eigenvalue weighted by atomic mass is 32.2. The topological polar surface area (TPSA) is 106 Å². The second kappa shape index (κ2) is 8.98. The molecule has 1 N–H and O–H groups in total. The number of carbonyl (C=O) groups is 1. The minimum absolute atomic E-state index is 0.243. The van der Waals surface area contributed by atoms with Crippen LogP contribution in [-0.4, -0.2) is 74.9 Å². The second-order valence-corrected chi connectivity index (χ2v) is 10.4. The van der Waals surface area contributed by atoms with Gasteiger partial charge in [-0.25, -0.2) is 13.2 Å². The minimum atomic E-state index is -3.51. The summed E-state index contributed by atoms with van der Waals surface area (Å²) >= 11 is 5.32. The van der Waals surface area contributed by atoms with E-state index in [9.17, 15) is 13.2 Å². The number of nitrogens with zero attached hydrogens (tertiary/aromatic N) is 4. The molecule has 1 aromatic carbocycles. The SMILES string of the molecule is N#CCS(=O)(=O)N1CCN(c2ccc(N3CC(CNC(=S)C4CC4)OC3=O)cc2)CC1. The Morgan fingerprint density at radius 2 is 1.81 bits per heavy atom. The molecule has 2 heterocycles. The van der Waals surface area contributed by atoms with Crippen LogP contribution in [0.4, 0.5) is 16.2 Å². The third kappa shape index (κ3) is 5.08. The molecule has 0 bridgehead atoms. The summed E-state index contributed by atoms with van der Waals surface area (Å²) in [6.07, 6.45) is 1.67. The molecule has 1 amide bonds. The molecule has 3 fully saturated rings. The average molecular weight is 464 g/mol. The predicted octanol–water partition coefficient (Wildman–Crippen LogP) is 1.31. The lowest BCUT2D eigenvalue weighted by molar-refractivity contribution is 0.143. The van der Waals surface area contributed by atoms with E-state index in [-0.39, 0.29) is 12.2 Å². The fourth-order valence-corrected chi connectivity index (χ4v) is 5.17. The first-order chi connectivity index (χ1) is 14.9. The van der Waals surface area contributed by atoms with Crippen molar-refractivity contribution in [2.75, 3.05) is 54.8 Å². The van der Waals surface area contributed by atoms with Gasteiger partial charge in [-0.2, -0.15) is 9.57 Å². The van der Waals surface area contributed by atoms with E-state index in [4.69, 9.17) is 22.2 Å². The lowest BCUT2D eigenvalue weighted by atomic mass is 10.2. The van der Waals surface area contributed by atoms with Crippen LogP contribution < -0.4 is 15.1 Å². The highest BCUT2D eigenvalue weighted by Crippen LogP contribution is 2.30. The van der Waals surface area contributed by atoms with Gasteiger partial charge in [-0.05, 0) is 37.1 Å². The van der Waals surface area contributed by atoms with Crippen LogP contribution in [0.2, 0.25) is 0 Å². The van der Waals surface area contributed by atoms with Crippen LogP contribution in [0.25, 0.3) is 0 Å². The van der Waals surface area contributed by atoms with Crippen LogP contribution in [0.5, 0.6) is 0 Å². The predicted molar refractivity (Wildman–Crippen MR) is 121 cm³/mol. The Labute approximate surface area is 187 Å². The zero-order valence-corrected chi connectivity index (χ0v) is 18.7. The van der Waals surface area contributed by atoms with Crippen LogP contribution in [0.1, 0.15) is 12.8 Å². The first kappa shape index (κ1) is 21.8. The molecule has 1 aliphatic carbocycles. The third-order valence-electron chi connectivity index (χ3n) is 5.73. The van der Waals surface area contributed by atoms with Gasteiger partial charge in [-0.15, -0.1) is 0 Å². The number of amides is 1. The van der Waals surface area contributed by atoms with Crippen LogP contribution in [-0.2, 0) is 14.8 Å². The Balaban J connectivity index is 1.31. The standard InChI is InChI=1S/C20H25N5O4S2/c21-7-12-31(27,28)24-10-8-23(9-11-24)16-3-5-17(6-4-16)25-14-18(29-20(25)26)13-22-19(30)15-1-2-15/h3-6,15,18H,1-2,8-14H2,(H,22,30). The van der Waals surface area contributed by atoms with Crippen molar-refractivity contribution in [3.05, 3.63) is 24.3 Å². The monoisotopic (exact) mass is 463 g/mol. The molecule has 1 saturated carbocycles. The van der Waals surface area contributed by atoms with E-state index in [1.165, 1.54) is 4.31 Å². The second-order valence-electron chi connectivity index (χ2n) is 7.95. The third-order valence-corrected chi connectivity index (χ3v) is 7.86. The number of benzene rings is 1. The Bertz CT molecular complexity index is 980. The number of anilines is 2. The maximum absolute atomic E-state index is 12.3. The highest BCUT2D eigenvalue weighted by molar-refractivity contribution is 7.89. The van der Waals surface area contributed by atoms with Crippen LogP contribution in [0.3, 0.4) is 0 Å². The zero-order valence-electron chi connectivity index (χ0n) is 17.1. The van der Waals surface area contributed by atoms with E-state index in [1.54, 1.807) is 11.0 Å². The van der Waals surface area contributed by atoms with Gasteiger partial charge in [0.05, 0.1) is 24.1 Å². The number of hydrogen-bond donors (Lipinski definition) is 1. The van der Waals surface area contributed by atoms with Crippen LogP contribution in [0.15, 0.2) is 24.3 Å². The van der Waals surface area contributed by atoms with Crippen molar-refractivity contribution in [3.63, 3.8) is 0 Å². The van der Waals surface area contributed by atoms with Gasteiger partial charge in [-0.1, -0.05) is 12.2 Å². The summed E-state index contributed by atoms with van der Waals surface area (Å²) in [5, 5.41) is 11.9. The first-order valence-electron chi connectivity index (χ1n) is 10.3. The Hall–Kier alpha value is -2.42. The van der Waals surface area contributed by atoms with Crippen LogP contribution in [0, 0.1) is 17.2 Å². The summed E-state index contributed by atoms with van der Waals surface area (Å²) in [6.45, 7) is 2.78. The quantitative estimate of drug-likeness (QED) is 0.604. The van der Waals surface area contributed by atoms with E-state index >= 15 is 0 Å². The van der Waals surface area contributed by atoms with Gasteiger partial charge in [-0.3, -0.25) is 4.90 Å². The molecule has 3 aliphatic rings. The summed E-state index contributed by atoms with van der Waals surface area (Å²) in [5.41, 5.74) is 1.72. The molecule has 2 aliphatic heterocycles. The Kier molecular flexibility index (Phi) is 6.31. The lowest BCUT2D eigenvalue weighted by Crippen LogP contribution is -2.49. The number of nitrogens with one attached hydrogen (secondary N) is 1. The van der Waals surface area contributed by atoms with Crippen molar-refractivity contribution in [2.24, 2.45) is 5.92 Å². The maximum atomic E-state index is 12.3. The number of rotatable bonds is 7. The molecule has 1 atom stereocenters. The van der Waals surface area contributed by atoms with Crippen molar-refractivity contribution in [2.45, 2.75) is 18.9 Å². The average Bonchev–Trinajstić information content (AvgIpc) is 3.55. The molecule has 0 radical (unpaired) electrons. The summed E-state index contributed by atoms with van der Waals surface area (Å²) in [6, 6.07) is 9.32. The van der Waals surface area contributed by atoms with Gasteiger partial charge in [0.1, 0.15) is 6.10 Å². The Morgan fingerprint density at radius 3 is 2.42 bits per heavy atom. The molecule has 2 saturated heterocycles. The zero-order chi connectivity index (χ0) is 22.0. The number of piperazine rings is 1. The lowest BCUT2D eigenvalue weighted by Gasteiger charge is -2.35. The normalized spacial score (nSPS) is 22.2. The number of ether oxygens (including phenoxy) is 1. The molecule has 1 aromatic rings. The number of cyclic esters (lactones) is 1. The molecular formula is C20H25N5O4S2. The number of sulfonamides is 1. The van der Waals surface area contributed by atoms with E-state index < -0.39 is 15.8 Å². The summed E-state index contributed by atoms with van der Waals surface area (Å²) in [4.78, 5) is 16.9. The van der Waals surface area contributed by atoms with Crippen molar-refractivity contribution in [1.29, 1.82) is 5.26 Å². The largest absolute Gasteiger partial charge is 0.442 e. The summed E-state index contributed by atoms with van der Waals surface area (Å²) < 4.78 is 30.9. The molecule has 166 valence electrons. The summed E-state index contributed by atoms with van der Waals surface area (Å²) in [7, 11) is -3.51. The Morgan fingerprint density at radius 1 is 1.16 bits per heavy atom. The fourth-order valence-electron chi connectivity index (χ4n) is 3.78. The van der Waals surface area contributed by atoms with Crippen molar-refractivity contribution >= 4 is 44.7 Å². The van der Waals surface area contributed by atoms with E-state index in [2.05, 4.69) is 10.2 Å². The molecule has 0 spiro atoms. The smallest absolute Gasteiger partial charge is 0.414 e.